The molecule has 2 aromatic carbocycles. The second-order valence-corrected chi connectivity index (χ2v) is 4.42. The summed E-state index contributed by atoms with van der Waals surface area (Å²) in [4.78, 5) is 11.8. The Hall–Kier alpha value is -2.00. The zero-order valence-corrected chi connectivity index (χ0v) is 10.7. The van der Waals surface area contributed by atoms with Gasteiger partial charge in [0.05, 0.1) is 6.61 Å². The van der Waals surface area contributed by atoms with Crippen LogP contribution >= 0.6 is 0 Å². The lowest BCUT2D eigenvalue weighted by Crippen LogP contribution is -2.09. The summed E-state index contributed by atoms with van der Waals surface area (Å²) < 4.78 is 18.5. The molecular formula is C16H15FO2. The third kappa shape index (κ3) is 4.00. The quantitative estimate of drug-likeness (QED) is 0.767. The first-order valence-corrected chi connectivity index (χ1v) is 6.07. The molecule has 98 valence electrons. The second kappa shape index (κ2) is 6.25. The molecule has 0 spiro atoms. The SMILES string of the molecule is Cc1cc(F)cc(C(=O)COCc2ccccc2)c1. The predicted molar refractivity (Wildman–Crippen MR) is 71.6 cm³/mol. The van der Waals surface area contributed by atoms with Gasteiger partial charge in [0.25, 0.3) is 0 Å². The number of carbonyl (C=O) groups excluding carboxylic acids is 1. The van der Waals surface area contributed by atoms with Gasteiger partial charge in [-0.05, 0) is 36.2 Å². The van der Waals surface area contributed by atoms with Crippen molar-refractivity contribution in [3.05, 3.63) is 71.0 Å². The highest BCUT2D eigenvalue weighted by Crippen LogP contribution is 2.10. The van der Waals surface area contributed by atoms with Gasteiger partial charge in [-0.2, -0.15) is 0 Å². The minimum Gasteiger partial charge on any atom is -0.369 e. The van der Waals surface area contributed by atoms with E-state index in [1.165, 1.54) is 12.1 Å². The van der Waals surface area contributed by atoms with Gasteiger partial charge < -0.3 is 4.74 Å². The van der Waals surface area contributed by atoms with Crippen LogP contribution in [0.1, 0.15) is 21.5 Å². The summed E-state index contributed by atoms with van der Waals surface area (Å²) in [6.07, 6.45) is 0. The van der Waals surface area contributed by atoms with Crippen molar-refractivity contribution in [2.24, 2.45) is 0 Å². The zero-order valence-electron chi connectivity index (χ0n) is 10.7. The van der Waals surface area contributed by atoms with Crippen LogP contribution in [0.25, 0.3) is 0 Å². The maximum absolute atomic E-state index is 13.2. The third-order valence-electron chi connectivity index (χ3n) is 2.71. The van der Waals surface area contributed by atoms with E-state index in [0.29, 0.717) is 12.2 Å². The summed E-state index contributed by atoms with van der Waals surface area (Å²) >= 11 is 0. The van der Waals surface area contributed by atoms with Crippen LogP contribution in [0, 0.1) is 12.7 Å². The van der Waals surface area contributed by atoms with Crippen LogP contribution in [0.5, 0.6) is 0 Å². The Labute approximate surface area is 111 Å². The minimum absolute atomic E-state index is 0.0439. The van der Waals surface area contributed by atoms with E-state index in [4.69, 9.17) is 4.74 Å². The number of carbonyl (C=O) groups is 1. The highest BCUT2D eigenvalue weighted by Gasteiger charge is 2.08. The summed E-state index contributed by atoms with van der Waals surface area (Å²) in [5.74, 6) is -0.607. The van der Waals surface area contributed by atoms with Gasteiger partial charge in [0.2, 0.25) is 0 Å². The molecule has 0 N–H and O–H groups in total. The van der Waals surface area contributed by atoms with Gasteiger partial charge in [-0.1, -0.05) is 30.3 Å². The number of hydrogen-bond acceptors (Lipinski definition) is 2. The van der Waals surface area contributed by atoms with E-state index >= 15 is 0 Å². The molecule has 0 aliphatic rings. The topological polar surface area (TPSA) is 26.3 Å². The lowest BCUT2D eigenvalue weighted by Gasteiger charge is -2.05. The average Bonchev–Trinajstić information content (AvgIpc) is 2.38. The number of ether oxygens (including phenoxy) is 1. The normalized spacial score (nSPS) is 10.4. The van der Waals surface area contributed by atoms with Crippen LogP contribution in [0.4, 0.5) is 4.39 Å². The first-order chi connectivity index (χ1) is 9.15. The predicted octanol–water partition coefficient (Wildman–Crippen LogP) is 3.53. The highest BCUT2D eigenvalue weighted by atomic mass is 19.1. The molecule has 19 heavy (non-hydrogen) atoms. The number of hydrogen-bond donors (Lipinski definition) is 0. The van der Waals surface area contributed by atoms with E-state index in [1.807, 2.05) is 30.3 Å². The molecule has 0 unspecified atom stereocenters. The number of aryl methyl sites for hydroxylation is 1. The van der Waals surface area contributed by atoms with Gasteiger partial charge in [0.1, 0.15) is 12.4 Å². The lowest BCUT2D eigenvalue weighted by atomic mass is 10.1. The van der Waals surface area contributed by atoms with Gasteiger partial charge in [-0.3, -0.25) is 4.79 Å². The van der Waals surface area contributed by atoms with Crippen molar-refractivity contribution < 1.29 is 13.9 Å². The third-order valence-corrected chi connectivity index (χ3v) is 2.71. The van der Waals surface area contributed by atoms with Crippen molar-refractivity contribution in [1.82, 2.24) is 0 Å². The first-order valence-electron chi connectivity index (χ1n) is 6.07. The van der Waals surface area contributed by atoms with Crippen molar-refractivity contribution in [1.29, 1.82) is 0 Å². The van der Waals surface area contributed by atoms with E-state index in [0.717, 1.165) is 11.1 Å². The summed E-state index contributed by atoms with van der Waals surface area (Å²) in [5.41, 5.74) is 2.09. The molecular weight excluding hydrogens is 243 g/mol. The van der Waals surface area contributed by atoms with Gasteiger partial charge >= 0.3 is 0 Å². The molecule has 3 heteroatoms. The highest BCUT2D eigenvalue weighted by molar-refractivity contribution is 5.97. The maximum Gasteiger partial charge on any atom is 0.188 e. The van der Waals surface area contributed by atoms with E-state index < -0.39 is 5.82 Å². The Morgan fingerprint density at radius 2 is 1.89 bits per heavy atom. The zero-order chi connectivity index (χ0) is 13.7. The molecule has 0 heterocycles. The summed E-state index contributed by atoms with van der Waals surface area (Å²) in [7, 11) is 0. The van der Waals surface area contributed by atoms with Crippen LogP contribution in [0.3, 0.4) is 0 Å². The molecule has 0 aromatic heterocycles. The van der Waals surface area contributed by atoms with Crippen LogP contribution in [-0.4, -0.2) is 12.4 Å². The average molecular weight is 258 g/mol. The van der Waals surface area contributed by atoms with E-state index in [1.54, 1.807) is 13.0 Å². The summed E-state index contributed by atoms with van der Waals surface area (Å²) in [6, 6.07) is 13.9. The molecule has 0 amide bonds. The van der Waals surface area contributed by atoms with E-state index in [2.05, 4.69) is 0 Å². The number of halogens is 1. The Balaban J connectivity index is 1.91. The van der Waals surface area contributed by atoms with Crippen LogP contribution in [-0.2, 0) is 11.3 Å². The summed E-state index contributed by atoms with van der Waals surface area (Å²) in [5, 5.41) is 0. The van der Waals surface area contributed by atoms with Gasteiger partial charge in [-0.15, -0.1) is 0 Å². The fourth-order valence-electron chi connectivity index (χ4n) is 1.82. The maximum atomic E-state index is 13.2. The van der Waals surface area contributed by atoms with E-state index in [-0.39, 0.29) is 12.4 Å². The van der Waals surface area contributed by atoms with Crippen molar-refractivity contribution >= 4 is 5.78 Å². The second-order valence-electron chi connectivity index (χ2n) is 4.42. The van der Waals surface area contributed by atoms with Gasteiger partial charge in [0.15, 0.2) is 5.78 Å². The van der Waals surface area contributed by atoms with Crippen molar-refractivity contribution in [3.8, 4) is 0 Å². The Morgan fingerprint density at radius 3 is 2.58 bits per heavy atom. The molecule has 0 fully saturated rings. The molecule has 2 rings (SSSR count). The molecule has 0 radical (unpaired) electrons. The van der Waals surface area contributed by atoms with E-state index in [9.17, 15) is 9.18 Å². The monoisotopic (exact) mass is 258 g/mol. The van der Waals surface area contributed by atoms with Crippen LogP contribution in [0.2, 0.25) is 0 Å². The fraction of sp³-hybridized carbons (Fsp3) is 0.188. The molecule has 2 aromatic rings. The minimum atomic E-state index is -0.397. The van der Waals surface area contributed by atoms with Gasteiger partial charge in [0, 0.05) is 5.56 Å². The van der Waals surface area contributed by atoms with Crippen molar-refractivity contribution in [2.45, 2.75) is 13.5 Å². The van der Waals surface area contributed by atoms with Crippen molar-refractivity contribution in [2.75, 3.05) is 6.61 Å². The standard InChI is InChI=1S/C16H15FO2/c1-12-7-14(9-15(17)8-12)16(18)11-19-10-13-5-3-2-4-6-13/h2-9H,10-11H2,1H3. The molecule has 0 atom stereocenters. The number of rotatable bonds is 5. The fourth-order valence-corrected chi connectivity index (χ4v) is 1.82. The lowest BCUT2D eigenvalue weighted by molar-refractivity contribution is 0.0726. The first kappa shape index (κ1) is 13.4. The molecule has 0 aliphatic heterocycles. The Kier molecular flexibility index (Phi) is 4.42. The molecule has 0 saturated heterocycles. The molecule has 0 saturated carbocycles. The molecule has 2 nitrogen and oxygen atoms in total. The molecule has 0 bridgehead atoms. The number of Topliss-reactive ketones (excluding diaryl/α,β-unsaturated/α-hetero) is 1. The van der Waals surface area contributed by atoms with Crippen LogP contribution < -0.4 is 0 Å². The Bertz CT molecular complexity index is 544. The number of ketones is 1. The van der Waals surface area contributed by atoms with Gasteiger partial charge in [-0.25, -0.2) is 4.39 Å². The molecule has 0 aliphatic carbocycles. The largest absolute Gasteiger partial charge is 0.369 e. The van der Waals surface area contributed by atoms with Crippen LogP contribution in [0.15, 0.2) is 48.5 Å². The van der Waals surface area contributed by atoms with Crippen molar-refractivity contribution in [3.63, 3.8) is 0 Å². The Morgan fingerprint density at radius 1 is 1.16 bits per heavy atom. The number of benzene rings is 2. The summed E-state index contributed by atoms with van der Waals surface area (Å²) in [6.45, 7) is 2.09. The smallest absolute Gasteiger partial charge is 0.188 e.